The number of aromatic amines is 1. The summed E-state index contributed by atoms with van der Waals surface area (Å²) < 4.78 is 37.5. The first-order chi connectivity index (χ1) is 15.7. The largest absolute Gasteiger partial charge is 0.401 e. The van der Waals surface area contributed by atoms with Crippen molar-refractivity contribution in [3.05, 3.63) is 69.5 Å². The van der Waals surface area contributed by atoms with Crippen LogP contribution in [0.3, 0.4) is 0 Å². The number of halogens is 3. The predicted molar refractivity (Wildman–Crippen MR) is 123 cm³/mol. The van der Waals surface area contributed by atoms with Crippen LogP contribution in [0.5, 0.6) is 0 Å². The minimum Gasteiger partial charge on any atom is -0.371 e. The topological polar surface area (TPSA) is 77.2 Å². The molecule has 9 heteroatoms. The molecule has 4 rings (SSSR count). The van der Waals surface area contributed by atoms with Crippen molar-refractivity contribution < 1.29 is 18.0 Å². The van der Waals surface area contributed by atoms with E-state index in [0.29, 0.717) is 22.3 Å². The molecule has 2 heterocycles. The fourth-order valence-electron chi connectivity index (χ4n) is 4.16. The number of fused-ring (bicyclic) bond motifs is 1. The molecule has 174 valence electrons. The Labute approximate surface area is 188 Å². The maximum absolute atomic E-state index is 13.3. The molecule has 1 aliphatic heterocycles. The highest BCUT2D eigenvalue weighted by molar-refractivity contribution is 6.09. The van der Waals surface area contributed by atoms with Gasteiger partial charge in [0.15, 0.2) is 0 Å². The fraction of sp³-hybridized carbons (Fsp3) is 0.333. The molecule has 0 bridgehead atoms. The number of H-pyrrole nitrogens is 1. The van der Waals surface area contributed by atoms with E-state index in [4.69, 9.17) is 0 Å². The molecule has 0 atom stereocenters. The van der Waals surface area contributed by atoms with Gasteiger partial charge in [-0.15, -0.1) is 0 Å². The third-order valence-electron chi connectivity index (χ3n) is 5.71. The van der Waals surface area contributed by atoms with Gasteiger partial charge in [-0.05, 0) is 61.2 Å². The van der Waals surface area contributed by atoms with Crippen molar-refractivity contribution >= 4 is 28.2 Å². The zero-order valence-electron chi connectivity index (χ0n) is 18.2. The van der Waals surface area contributed by atoms with E-state index in [1.54, 1.807) is 36.4 Å². The van der Waals surface area contributed by atoms with E-state index in [2.05, 4.69) is 20.5 Å². The molecule has 2 aromatic carbocycles. The normalized spacial score (nSPS) is 14.1. The van der Waals surface area contributed by atoms with E-state index in [1.165, 1.54) is 6.07 Å². The van der Waals surface area contributed by atoms with Crippen molar-refractivity contribution in [2.75, 3.05) is 29.9 Å². The second-order valence-electron chi connectivity index (χ2n) is 8.30. The van der Waals surface area contributed by atoms with Gasteiger partial charge >= 0.3 is 6.18 Å². The van der Waals surface area contributed by atoms with Gasteiger partial charge < -0.3 is 20.5 Å². The summed E-state index contributed by atoms with van der Waals surface area (Å²) >= 11 is 0. The van der Waals surface area contributed by atoms with E-state index in [-0.39, 0.29) is 18.0 Å². The Morgan fingerprint density at radius 3 is 2.58 bits per heavy atom. The lowest BCUT2D eigenvalue weighted by Crippen LogP contribution is -2.28. The molecule has 0 spiro atoms. The summed E-state index contributed by atoms with van der Waals surface area (Å²) in [7, 11) is 0. The van der Waals surface area contributed by atoms with Gasteiger partial charge in [0.2, 0.25) is 5.56 Å². The van der Waals surface area contributed by atoms with Gasteiger partial charge in [-0.25, -0.2) is 0 Å². The molecule has 3 N–H and O–H groups in total. The summed E-state index contributed by atoms with van der Waals surface area (Å²) in [6.07, 6.45) is -2.25. The number of hydrogen-bond donors (Lipinski definition) is 3. The number of alkyl halides is 3. The summed E-state index contributed by atoms with van der Waals surface area (Å²) in [6.45, 7) is 2.39. The first-order valence-corrected chi connectivity index (χ1v) is 10.8. The van der Waals surface area contributed by atoms with Crippen molar-refractivity contribution in [3.8, 4) is 0 Å². The van der Waals surface area contributed by atoms with E-state index < -0.39 is 12.7 Å². The Kier molecular flexibility index (Phi) is 6.42. The number of rotatable bonds is 6. The molecule has 1 amide bonds. The SMILES string of the molecule is Cc1cc(=O)[nH]c2ccc(NC(=O)c3cc(CNCC(F)(F)F)ccc3N3CCCC3)cc12. The number of aryl methyl sites for hydroxylation is 1. The van der Waals surface area contributed by atoms with Crippen LogP contribution in [0.1, 0.15) is 34.3 Å². The van der Waals surface area contributed by atoms with Gasteiger partial charge in [-0.3, -0.25) is 9.59 Å². The standard InChI is InChI=1S/C24H25F3N4O2/c1-15-10-22(32)30-20-6-5-17(12-18(15)20)29-23(33)19-11-16(13-28-14-24(25,26)27)4-7-21(19)31-8-2-3-9-31/h4-7,10-12,28H,2-3,8-9,13-14H2,1H3,(H,29,33)(H,30,32). The average Bonchev–Trinajstić information content (AvgIpc) is 3.28. The molecule has 1 aliphatic rings. The van der Waals surface area contributed by atoms with Crippen LogP contribution in [0.25, 0.3) is 10.9 Å². The molecule has 1 fully saturated rings. The van der Waals surface area contributed by atoms with Gasteiger partial charge in [-0.2, -0.15) is 13.2 Å². The van der Waals surface area contributed by atoms with E-state index in [0.717, 1.165) is 42.6 Å². The van der Waals surface area contributed by atoms with Crippen LogP contribution in [0.2, 0.25) is 0 Å². The molecule has 0 unspecified atom stereocenters. The van der Waals surface area contributed by atoms with Gasteiger partial charge in [0.25, 0.3) is 5.91 Å². The highest BCUT2D eigenvalue weighted by Gasteiger charge is 2.26. The minimum atomic E-state index is -4.30. The molecular formula is C24H25F3N4O2. The second-order valence-corrected chi connectivity index (χ2v) is 8.30. The van der Waals surface area contributed by atoms with Crippen LogP contribution >= 0.6 is 0 Å². The summed E-state index contributed by atoms with van der Waals surface area (Å²) in [5, 5.41) is 6.10. The quantitative estimate of drug-likeness (QED) is 0.514. The van der Waals surface area contributed by atoms with Crippen LogP contribution < -0.4 is 21.1 Å². The predicted octanol–water partition coefficient (Wildman–Crippen LogP) is 4.34. The third-order valence-corrected chi connectivity index (χ3v) is 5.71. The van der Waals surface area contributed by atoms with E-state index in [9.17, 15) is 22.8 Å². The van der Waals surface area contributed by atoms with Gasteiger partial charge in [0.05, 0.1) is 12.1 Å². The van der Waals surface area contributed by atoms with Crippen molar-refractivity contribution in [1.29, 1.82) is 0 Å². The van der Waals surface area contributed by atoms with E-state index in [1.807, 2.05) is 6.92 Å². The lowest BCUT2D eigenvalue weighted by atomic mass is 10.1. The number of pyridine rings is 1. The summed E-state index contributed by atoms with van der Waals surface area (Å²) in [5.74, 6) is -0.337. The first-order valence-electron chi connectivity index (χ1n) is 10.8. The van der Waals surface area contributed by atoms with Gasteiger partial charge in [0.1, 0.15) is 0 Å². The smallest absolute Gasteiger partial charge is 0.371 e. The Morgan fingerprint density at radius 1 is 1.09 bits per heavy atom. The monoisotopic (exact) mass is 458 g/mol. The maximum atomic E-state index is 13.3. The van der Waals surface area contributed by atoms with Crippen molar-refractivity contribution in [2.45, 2.75) is 32.5 Å². The van der Waals surface area contributed by atoms with E-state index >= 15 is 0 Å². The third kappa shape index (κ3) is 5.54. The van der Waals surface area contributed by atoms with Gasteiger partial charge in [0, 0.05) is 48.0 Å². The zero-order valence-corrected chi connectivity index (χ0v) is 18.2. The number of anilines is 2. The Balaban J connectivity index is 1.61. The fourth-order valence-corrected chi connectivity index (χ4v) is 4.16. The number of amides is 1. The highest BCUT2D eigenvalue weighted by atomic mass is 19.4. The molecule has 1 aromatic heterocycles. The van der Waals surface area contributed by atoms with Crippen molar-refractivity contribution in [2.24, 2.45) is 0 Å². The van der Waals surface area contributed by atoms with Crippen LogP contribution in [0.15, 0.2) is 47.3 Å². The molecule has 0 aliphatic carbocycles. The lowest BCUT2D eigenvalue weighted by Gasteiger charge is -2.22. The van der Waals surface area contributed by atoms with Crippen molar-refractivity contribution in [3.63, 3.8) is 0 Å². The highest BCUT2D eigenvalue weighted by Crippen LogP contribution is 2.28. The average molecular weight is 458 g/mol. The first kappa shape index (κ1) is 22.8. The number of nitrogens with zero attached hydrogens (tertiary/aromatic N) is 1. The minimum absolute atomic E-state index is 0.00258. The number of nitrogens with one attached hydrogen (secondary N) is 3. The Bertz CT molecular complexity index is 1230. The summed E-state index contributed by atoms with van der Waals surface area (Å²) in [6, 6.07) is 11.9. The van der Waals surface area contributed by atoms with Crippen LogP contribution in [-0.2, 0) is 6.54 Å². The lowest BCUT2D eigenvalue weighted by molar-refractivity contribution is -0.125. The van der Waals surface area contributed by atoms with Gasteiger partial charge in [-0.1, -0.05) is 6.07 Å². The molecule has 1 saturated heterocycles. The number of carbonyl (C=O) groups excluding carboxylic acids is 1. The number of benzene rings is 2. The van der Waals surface area contributed by atoms with Crippen LogP contribution in [-0.4, -0.2) is 36.7 Å². The van der Waals surface area contributed by atoms with Crippen LogP contribution in [0.4, 0.5) is 24.5 Å². The molecular weight excluding hydrogens is 433 g/mol. The molecule has 0 saturated carbocycles. The van der Waals surface area contributed by atoms with Crippen LogP contribution in [0, 0.1) is 6.92 Å². The zero-order chi connectivity index (χ0) is 23.6. The molecule has 0 radical (unpaired) electrons. The summed E-state index contributed by atoms with van der Waals surface area (Å²) in [4.78, 5) is 29.8. The molecule has 6 nitrogen and oxygen atoms in total. The van der Waals surface area contributed by atoms with Crippen molar-refractivity contribution in [1.82, 2.24) is 10.3 Å². The molecule has 3 aromatic rings. The second kappa shape index (κ2) is 9.27. The molecule has 33 heavy (non-hydrogen) atoms. The summed E-state index contributed by atoms with van der Waals surface area (Å²) in [5.41, 5.74) is 3.62. The Morgan fingerprint density at radius 2 is 1.85 bits per heavy atom. The number of hydrogen-bond acceptors (Lipinski definition) is 4. The Hall–Kier alpha value is -3.33. The maximum Gasteiger partial charge on any atom is 0.401 e. The number of aromatic nitrogens is 1. The number of carbonyl (C=O) groups is 1.